The summed E-state index contributed by atoms with van der Waals surface area (Å²) in [7, 11) is -4.09. The van der Waals surface area contributed by atoms with Crippen molar-refractivity contribution in [3.05, 3.63) is 60.7 Å². The molecule has 0 aliphatic carbocycles. The van der Waals surface area contributed by atoms with E-state index in [1.807, 2.05) is 0 Å². The molecule has 0 fully saturated rings. The summed E-state index contributed by atoms with van der Waals surface area (Å²) in [5.74, 6) is -0.936. The molecular weight excluding hydrogens is 373 g/mol. The number of alkyl halides is 2. The Bertz CT molecular complexity index is 687. The third-order valence-electron chi connectivity index (χ3n) is 5.49. The molecule has 1 atom stereocenters. The van der Waals surface area contributed by atoms with Crippen LogP contribution < -0.4 is 10.6 Å². The quantitative estimate of drug-likeness (QED) is 0.266. The average Bonchev–Trinajstić information content (AvgIpc) is 2.73. The van der Waals surface area contributed by atoms with Gasteiger partial charge in [-0.3, -0.25) is 0 Å². The fourth-order valence-corrected chi connectivity index (χ4v) is 6.58. The molecular formula is C24H33F2OP. The van der Waals surface area contributed by atoms with E-state index in [1.54, 1.807) is 67.6 Å². The van der Waals surface area contributed by atoms with Gasteiger partial charge in [0.2, 0.25) is 7.14 Å². The lowest BCUT2D eigenvalue weighted by atomic mass is 10.0. The van der Waals surface area contributed by atoms with Crippen LogP contribution in [0, 0.1) is 5.92 Å². The van der Waals surface area contributed by atoms with Gasteiger partial charge in [-0.15, -0.1) is 0 Å². The SMILES string of the molecule is CCCCCCCCCC(C)C(F)(F)P(=O)(c1ccccc1)c1ccccc1. The van der Waals surface area contributed by atoms with Gasteiger partial charge in [-0.05, 0) is 6.42 Å². The fraction of sp³-hybridized carbons (Fsp3) is 0.500. The number of benzene rings is 2. The normalized spacial score (nSPS) is 13.4. The Morgan fingerprint density at radius 2 is 1.21 bits per heavy atom. The number of halogens is 2. The minimum absolute atomic E-state index is 0.234. The van der Waals surface area contributed by atoms with Gasteiger partial charge >= 0.3 is 5.66 Å². The maximum Gasteiger partial charge on any atom is 0.308 e. The van der Waals surface area contributed by atoms with Crippen molar-refractivity contribution in [2.45, 2.75) is 70.9 Å². The van der Waals surface area contributed by atoms with Gasteiger partial charge in [0.05, 0.1) is 0 Å². The van der Waals surface area contributed by atoms with Crippen molar-refractivity contribution >= 4 is 17.8 Å². The molecule has 1 nitrogen and oxygen atoms in total. The highest BCUT2D eigenvalue weighted by molar-refractivity contribution is 7.79. The van der Waals surface area contributed by atoms with Crippen molar-refractivity contribution in [2.24, 2.45) is 5.92 Å². The maximum absolute atomic E-state index is 15.7. The summed E-state index contributed by atoms with van der Waals surface area (Å²) >= 11 is 0. The lowest BCUT2D eigenvalue weighted by Crippen LogP contribution is -2.36. The largest absolute Gasteiger partial charge is 0.308 e. The third kappa shape index (κ3) is 5.32. The van der Waals surface area contributed by atoms with Gasteiger partial charge in [0.1, 0.15) is 0 Å². The van der Waals surface area contributed by atoms with Crippen LogP contribution in [0.15, 0.2) is 60.7 Å². The summed E-state index contributed by atoms with van der Waals surface area (Å²) < 4.78 is 45.2. The molecule has 0 radical (unpaired) electrons. The second-order valence-electron chi connectivity index (χ2n) is 7.68. The zero-order valence-electron chi connectivity index (χ0n) is 17.1. The highest BCUT2D eigenvalue weighted by Crippen LogP contribution is 2.62. The molecule has 0 N–H and O–H groups in total. The van der Waals surface area contributed by atoms with Gasteiger partial charge in [-0.25, -0.2) is 0 Å². The minimum atomic E-state index is -4.09. The van der Waals surface area contributed by atoms with Gasteiger partial charge in [-0.1, -0.05) is 119 Å². The van der Waals surface area contributed by atoms with Crippen LogP contribution in [-0.2, 0) is 4.57 Å². The molecule has 2 aromatic carbocycles. The maximum atomic E-state index is 15.7. The Hall–Kier alpha value is -1.47. The second-order valence-corrected chi connectivity index (χ2v) is 10.5. The van der Waals surface area contributed by atoms with Crippen LogP contribution >= 0.6 is 7.14 Å². The van der Waals surface area contributed by atoms with Crippen molar-refractivity contribution in [2.75, 3.05) is 0 Å². The van der Waals surface area contributed by atoms with E-state index >= 15 is 8.78 Å². The molecule has 0 heterocycles. The van der Waals surface area contributed by atoms with Crippen LogP contribution in [0.5, 0.6) is 0 Å². The average molecular weight is 406 g/mol. The van der Waals surface area contributed by atoms with E-state index in [-0.39, 0.29) is 10.6 Å². The molecule has 2 rings (SSSR count). The van der Waals surface area contributed by atoms with E-state index in [1.165, 1.54) is 25.7 Å². The summed E-state index contributed by atoms with van der Waals surface area (Å²) in [5.41, 5.74) is -3.28. The van der Waals surface area contributed by atoms with E-state index in [2.05, 4.69) is 6.92 Å². The van der Waals surface area contributed by atoms with Crippen molar-refractivity contribution in [3.8, 4) is 0 Å². The Labute approximate surface area is 168 Å². The molecule has 154 valence electrons. The minimum Gasteiger partial charge on any atom is -0.307 e. The Kier molecular flexibility index (Phi) is 8.89. The summed E-state index contributed by atoms with van der Waals surface area (Å²) in [6.07, 6.45) is 8.04. The molecule has 0 spiro atoms. The van der Waals surface area contributed by atoms with Crippen LogP contribution in [0.3, 0.4) is 0 Å². The standard InChI is InChI=1S/C24H33F2OP/c1-3-4-5-6-7-8-11-16-21(2)24(25,26)28(27,22-17-12-9-13-18-22)23-19-14-10-15-20-23/h9-10,12-15,17-21H,3-8,11,16H2,1-2H3. The highest BCUT2D eigenvalue weighted by Gasteiger charge is 2.55. The zero-order valence-corrected chi connectivity index (χ0v) is 18.0. The summed E-state index contributed by atoms with van der Waals surface area (Å²) in [6.45, 7) is 3.73. The third-order valence-corrected chi connectivity index (χ3v) is 8.82. The fourth-order valence-electron chi connectivity index (χ4n) is 3.66. The molecule has 2 aromatic rings. The van der Waals surface area contributed by atoms with Gasteiger partial charge in [-0.2, -0.15) is 8.78 Å². The molecule has 0 saturated carbocycles. The van der Waals surface area contributed by atoms with Crippen LogP contribution in [0.1, 0.15) is 65.2 Å². The lowest BCUT2D eigenvalue weighted by molar-refractivity contribution is 0.0296. The van der Waals surface area contributed by atoms with Crippen LogP contribution in [-0.4, -0.2) is 5.66 Å². The van der Waals surface area contributed by atoms with Gasteiger partial charge < -0.3 is 4.57 Å². The zero-order chi connectivity index (χ0) is 20.5. The Morgan fingerprint density at radius 1 is 0.786 bits per heavy atom. The molecule has 1 unspecified atom stereocenters. The second kappa shape index (κ2) is 10.9. The molecule has 28 heavy (non-hydrogen) atoms. The first-order valence-electron chi connectivity index (χ1n) is 10.5. The van der Waals surface area contributed by atoms with Gasteiger partial charge in [0.15, 0.2) is 0 Å². The first kappa shape index (κ1) is 22.8. The van der Waals surface area contributed by atoms with Crippen molar-refractivity contribution < 1.29 is 13.3 Å². The smallest absolute Gasteiger partial charge is 0.307 e. The number of unbranched alkanes of at least 4 members (excludes halogenated alkanes) is 6. The van der Waals surface area contributed by atoms with Gasteiger partial charge in [0, 0.05) is 16.5 Å². The van der Waals surface area contributed by atoms with Crippen LogP contribution in [0.25, 0.3) is 0 Å². The van der Waals surface area contributed by atoms with E-state index in [9.17, 15) is 4.57 Å². The number of rotatable bonds is 12. The van der Waals surface area contributed by atoms with E-state index in [0.29, 0.717) is 6.42 Å². The number of hydrogen-bond acceptors (Lipinski definition) is 1. The molecule has 0 bridgehead atoms. The summed E-state index contributed by atoms with van der Waals surface area (Å²) in [6, 6.07) is 16.5. The molecule has 0 aliphatic heterocycles. The van der Waals surface area contributed by atoms with Crippen LogP contribution in [0.4, 0.5) is 8.78 Å². The first-order chi connectivity index (χ1) is 13.4. The van der Waals surface area contributed by atoms with E-state index < -0.39 is 18.7 Å². The topological polar surface area (TPSA) is 17.1 Å². The predicted molar refractivity (Wildman–Crippen MR) is 116 cm³/mol. The van der Waals surface area contributed by atoms with E-state index in [0.717, 1.165) is 19.3 Å². The van der Waals surface area contributed by atoms with Crippen molar-refractivity contribution in [1.82, 2.24) is 0 Å². The summed E-state index contributed by atoms with van der Waals surface area (Å²) in [4.78, 5) is 0. The Balaban J connectivity index is 2.14. The molecule has 0 amide bonds. The van der Waals surface area contributed by atoms with E-state index in [4.69, 9.17) is 0 Å². The molecule has 0 aromatic heterocycles. The highest BCUT2D eigenvalue weighted by atomic mass is 31.2. The van der Waals surface area contributed by atoms with Crippen molar-refractivity contribution in [3.63, 3.8) is 0 Å². The monoisotopic (exact) mass is 406 g/mol. The molecule has 4 heteroatoms. The summed E-state index contributed by atoms with van der Waals surface area (Å²) in [5, 5.41) is 0.468. The van der Waals surface area contributed by atoms with Gasteiger partial charge in [0.25, 0.3) is 0 Å². The molecule has 0 aliphatic rings. The number of hydrogen-bond donors (Lipinski definition) is 0. The Morgan fingerprint density at radius 3 is 1.68 bits per heavy atom. The molecule has 0 saturated heterocycles. The van der Waals surface area contributed by atoms with Crippen molar-refractivity contribution in [1.29, 1.82) is 0 Å². The lowest BCUT2D eigenvalue weighted by Gasteiger charge is -2.32. The van der Waals surface area contributed by atoms with Crippen LogP contribution in [0.2, 0.25) is 0 Å². The predicted octanol–water partition coefficient (Wildman–Crippen LogP) is 7.37. The first-order valence-corrected chi connectivity index (χ1v) is 12.2.